The van der Waals surface area contributed by atoms with Gasteiger partial charge in [-0.05, 0) is 55.0 Å². The van der Waals surface area contributed by atoms with E-state index in [1.807, 2.05) is 24.4 Å². The number of ether oxygens (including phenoxy) is 1. The molecule has 2 aliphatic rings. The summed E-state index contributed by atoms with van der Waals surface area (Å²) in [4.78, 5) is 22.2. The Morgan fingerprint density at radius 2 is 1.89 bits per heavy atom. The van der Waals surface area contributed by atoms with Crippen molar-refractivity contribution in [3.63, 3.8) is 0 Å². The lowest BCUT2D eigenvalue weighted by molar-refractivity contribution is -0.155. The topological polar surface area (TPSA) is 45.7 Å². The number of amides is 1. The second-order valence-electron chi connectivity index (χ2n) is 8.17. The van der Waals surface area contributed by atoms with E-state index in [-0.39, 0.29) is 5.41 Å². The highest BCUT2D eigenvalue weighted by molar-refractivity contribution is 5.85. The summed E-state index contributed by atoms with van der Waals surface area (Å²) in [5.41, 5.74) is 2.04. The van der Waals surface area contributed by atoms with E-state index in [1.54, 1.807) is 13.3 Å². The largest absolute Gasteiger partial charge is 0.497 e. The van der Waals surface area contributed by atoms with Crippen LogP contribution in [0.5, 0.6) is 5.75 Å². The molecule has 0 spiro atoms. The fourth-order valence-corrected chi connectivity index (χ4v) is 4.60. The summed E-state index contributed by atoms with van der Waals surface area (Å²) in [6, 6.07) is 12.2. The molecule has 1 aromatic carbocycles. The number of likely N-dealkylation sites (tertiary alicyclic amines) is 2. The number of hydrogen-bond donors (Lipinski definition) is 0. The Bertz CT molecular complexity index is 797. The van der Waals surface area contributed by atoms with Crippen LogP contribution >= 0.6 is 0 Å². The lowest BCUT2D eigenvalue weighted by Crippen LogP contribution is -2.64. The molecule has 3 heterocycles. The highest BCUT2D eigenvalue weighted by Gasteiger charge is 2.50. The average Bonchev–Trinajstić information content (AvgIpc) is 2.73. The van der Waals surface area contributed by atoms with Crippen LogP contribution in [0.4, 0.5) is 0 Å². The van der Waals surface area contributed by atoms with Crippen molar-refractivity contribution in [2.75, 3.05) is 33.3 Å². The first kappa shape index (κ1) is 18.9. The van der Waals surface area contributed by atoms with Gasteiger partial charge in [-0.3, -0.25) is 14.7 Å². The Kier molecular flexibility index (Phi) is 5.62. The fourth-order valence-electron chi connectivity index (χ4n) is 4.60. The molecule has 28 heavy (non-hydrogen) atoms. The van der Waals surface area contributed by atoms with E-state index in [4.69, 9.17) is 4.74 Å². The zero-order valence-corrected chi connectivity index (χ0v) is 16.6. The van der Waals surface area contributed by atoms with Gasteiger partial charge in [0.05, 0.1) is 12.5 Å². The van der Waals surface area contributed by atoms with Gasteiger partial charge < -0.3 is 9.64 Å². The number of nitrogens with zero attached hydrogens (tertiary/aromatic N) is 3. The molecule has 1 aromatic heterocycles. The zero-order valence-electron chi connectivity index (χ0n) is 16.6. The van der Waals surface area contributed by atoms with E-state index in [0.717, 1.165) is 57.7 Å². The minimum absolute atomic E-state index is 0.327. The fraction of sp³-hybridized carbons (Fsp3) is 0.478. The Morgan fingerprint density at radius 3 is 2.61 bits per heavy atom. The Labute approximate surface area is 167 Å². The molecule has 5 heteroatoms. The lowest BCUT2D eigenvalue weighted by atomic mass is 9.73. The van der Waals surface area contributed by atoms with E-state index >= 15 is 0 Å². The number of carbonyl (C=O) groups excluding carboxylic acids is 1. The predicted octanol–water partition coefficient (Wildman–Crippen LogP) is 3.15. The molecule has 5 nitrogen and oxygen atoms in total. The minimum Gasteiger partial charge on any atom is -0.497 e. The van der Waals surface area contributed by atoms with Gasteiger partial charge in [0.15, 0.2) is 0 Å². The predicted molar refractivity (Wildman–Crippen MR) is 109 cm³/mol. The minimum atomic E-state index is -0.327. The van der Waals surface area contributed by atoms with E-state index in [9.17, 15) is 4.79 Å². The molecule has 0 N–H and O–H groups in total. The third kappa shape index (κ3) is 4.04. The number of rotatable bonds is 6. The molecule has 0 unspecified atom stereocenters. The maximum atomic E-state index is 13.5. The van der Waals surface area contributed by atoms with Gasteiger partial charge >= 0.3 is 0 Å². The number of pyridine rings is 1. The van der Waals surface area contributed by atoms with Gasteiger partial charge in [0.25, 0.3) is 0 Å². The maximum Gasteiger partial charge on any atom is 0.231 e. The molecule has 0 radical (unpaired) electrons. The normalized spacial score (nSPS) is 19.1. The van der Waals surface area contributed by atoms with Crippen LogP contribution in [0.2, 0.25) is 0 Å². The van der Waals surface area contributed by atoms with Gasteiger partial charge in [-0.2, -0.15) is 0 Å². The maximum absolute atomic E-state index is 13.5. The Balaban J connectivity index is 1.51. The third-order valence-corrected chi connectivity index (χ3v) is 5.96. The molecule has 2 aromatic rings. The van der Waals surface area contributed by atoms with Gasteiger partial charge in [0.1, 0.15) is 5.75 Å². The number of benzene rings is 1. The summed E-state index contributed by atoms with van der Waals surface area (Å²) in [5.74, 6) is 1.18. The van der Waals surface area contributed by atoms with Crippen molar-refractivity contribution in [2.45, 2.75) is 32.2 Å². The molecule has 0 bridgehead atoms. The highest BCUT2D eigenvalue weighted by atomic mass is 16.5. The van der Waals surface area contributed by atoms with Crippen molar-refractivity contribution in [1.29, 1.82) is 0 Å². The van der Waals surface area contributed by atoms with Crippen LogP contribution in [-0.4, -0.2) is 54.0 Å². The van der Waals surface area contributed by atoms with Crippen LogP contribution in [0.1, 0.15) is 30.4 Å². The number of piperidine rings is 1. The molecule has 0 saturated carbocycles. The Morgan fingerprint density at radius 1 is 1.11 bits per heavy atom. The van der Waals surface area contributed by atoms with E-state index in [2.05, 4.69) is 33.0 Å². The molecule has 2 fully saturated rings. The van der Waals surface area contributed by atoms with Gasteiger partial charge in [-0.1, -0.05) is 18.2 Å². The quantitative estimate of drug-likeness (QED) is 0.774. The summed E-state index contributed by atoms with van der Waals surface area (Å²) in [6.07, 6.45) is 7.96. The summed E-state index contributed by atoms with van der Waals surface area (Å²) in [6.45, 7) is 4.26. The molecule has 2 aliphatic heterocycles. The van der Waals surface area contributed by atoms with Crippen molar-refractivity contribution in [3.05, 3.63) is 59.9 Å². The summed E-state index contributed by atoms with van der Waals surface area (Å²) in [5, 5.41) is 0. The number of hydrogen-bond acceptors (Lipinski definition) is 4. The number of aromatic nitrogens is 1. The molecule has 1 amide bonds. The summed E-state index contributed by atoms with van der Waals surface area (Å²) >= 11 is 0. The molecular weight excluding hydrogens is 350 g/mol. The smallest absolute Gasteiger partial charge is 0.231 e. The summed E-state index contributed by atoms with van der Waals surface area (Å²) < 4.78 is 5.39. The molecule has 0 atom stereocenters. The number of methoxy groups -OCH3 is 1. The van der Waals surface area contributed by atoms with Crippen LogP contribution in [0, 0.1) is 5.41 Å². The lowest BCUT2D eigenvalue weighted by Gasteiger charge is -2.51. The van der Waals surface area contributed by atoms with Crippen molar-refractivity contribution in [1.82, 2.24) is 14.8 Å². The van der Waals surface area contributed by atoms with Crippen molar-refractivity contribution < 1.29 is 9.53 Å². The third-order valence-electron chi connectivity index (χ3n) is 5.96. The van der Waals surface area contributed by atoms with E-state index in [1.165, 1.54) is 17.5 Å². The van der Waals surface area contributed by atoms with Crippen LogP contribution in [-0.2, 0) is 17.8 Å². The first-order valence-electron chi connectivity index (χ1n) is 10.2. The Hall–Kier alpha value is -2.40. The van der Waals surface area contributed by atoms with Crippen molar-refractivity contribution in [2.24, 2.45) is 5.41 Å². The second-order valence-corrected chi connectivity index (χ2v) is 8.17. The van der Waals surface area contributed by atoms with Crippen LogP contribution < -0.4 is 4.74 Å². The first-order valence-corrected chi connectivity index (χ1v) is 10.2. The van der Waals surface area contributed by atoms with Crippen LogP contribution in [0.25, 0.3) is 0 Å². The molecule has 148 valence electrons. The van der Waals surface area contributed by atoms with Gasteiger partial charge in [0.2, 0.25) is 5.91 Å². The molecule has 4 rings (SSSR count). The van der Waals surface area contributed by atoms with Gasteiger partial charge in [0, 0.05) is 45.1 Å². The average molecular weight is 380 g/mol. The molecule has 0 aliphatic carbocycles. The first-order chi connectivity index (χ1) is 13.7. The number of carbonyl (C=O) groups is 1. The highest BCUT2D eigenvalue weighted by Crippen LogP contribution is 2.38. The van der Waals surface area contributed by atoms with E-state index in [0.29, 0.717) is 5.91 Å². The standard InChI is InChI=1S/C23H29N3O2/c1-28-21-9-5-7-19(13-21)14-23(22(27)26-11-3-2-4-12-26)17-25(18-23)16-20-8-6-10-24-15-20/h5-10,13,15H,2-4,11-12,14,16-18H2,1H3. The van der Waals surface area contributed by atoms with E-state index < -0.39 is 0 Å². The monoisotopic (exact) mass is 379 g/mol. The molecule has 2 saturated heterocycles. The molecular formula is C23H29N3O2. The van der Waals surface area contributed by atoms with Gasteiger partial charge in [-0.15, -0.1) is 0 Å². The zero-order chi connectivity index (χ0) is 19.4. The van der Waals surface area contributed by atoms with Crippen molar-refractivity contribution >= 4 is 5.91 Å². The van der Waals surface area contributed by atoms with Gasteiger partial charge in [-0.25, -0.2) is 0 Å². The van der Waals surface area contributed by atoms with Crippen LogP contribution in [0.3, 0.4) is 0 Å². The second kappa shape index (κ2) is 8.31. The summed E-state index contributed by atoms with van der Waals surface area (Å²) in [7, 11) is 1.69. The van der Waals surface area contributed by atoms with Crippen molar-refractivity contribution in [3.8, 4) is 5.75 Å². The SMILES string of the molecule is COc1cccc(CC2(C(=O)N3CCCCC3)CN(Cc3cccnc3)C2)c1. The van der Waals surface area contributed by atoms with Crippen LogP contribution in [0.15, 0.2) is 48.8 Å².